The van der Waals surface area contributed by atoms with Crippen molar-refractivity contribution in [1.82, 2.24) is 0 Å². The van der Waals surface area contributed by atoms with Gasteiger partial charge in [-0.15, -0.1) is 37.2 Å². The summed E-state index contributed by atoms with van der Waals surface area (Å²) in [6.45, 7) is 1.58. The van der Waals surface area contributed by atoms with Gasteiger partial charge in [-0.05, 0) is 0 Å². The number of hydrogen-bond acceptors (Lipinski definition) is 0. The molecule has 1 aliphatic rings. The number of rotatable bonds is 4. The Balaban J connectivity index is 0.00000228. The summed E-state index contributed by atoms with van der Waals surface area (Å²) in [5.74, 6) is -24.1. The van der Waals surface area contributed by atoms with Crippen LogP contribution < -0.4 is 10.9 Å². The van der Waals surface area contributed by atoms with E-state index in [9.17, 15) is 43.9 Å². The van der Waals surface area contributed by atoms with Gasteiger partial charge in [-0.3, -0.25) is 0 Å². The Labute approximate surface area is 234 Å². The van der Waals surface area contributed by atoms with Crippen molar-refractivity contribution in [3.63, 3.8) is 0 Å². The van der Waals surface area contributed by atoms with E-state index < -0.39 is 100.0 Å². The van der Waals surface area contributed by atoms with E-state index in [1.807, 2.05) is 0 Å². The van der Waals surface area contributed by atoms with Crippen molar-refractivity contribution in [2.45, 2.75) is 10.5 Å². The maximum Gasteiger partial charge on any atom is -0.147 e. The van der Waals surface area contributed by atoms with E-state index in [1.165, 1.54) is 0 Å². The van der Waals surface area contributed by atoms with Crippen LogP contribution in [-0.4, -0.2) is 4.25 Å². The molecule has 0 spiro atoms. The van der Waals surface area contributed by atoms with Gasteiger partial charge in [-0.25, -0.2) is 0 Å². The Bertz CT molecular complexity index is 1260. The minimum atomic E-state index is -2.85. The Morgan fingerprint density at radius 3 is 1.32 bits per heavy atom. The van der Waals surface area contributed by atoms with Crippen LogP contribution in [0.2, 0.25) is 0 Å². The maximum absolute atomic E-state index is 14.7. The molecular weight excluding hydrogens is 663 g/mol. The first-order chi connectivity index (χ1) is 16.0. The van der Waals surface area contributed by atoms with Gasteiger partial charge in [0.05, 0.1) is 0 Å². The fourth-order valence-electron chi connectivity index (χ4n) is 3.93. The van der Waals surface area contributed by atoms with Crippen LogP contribution in [0.1, 0.15) is 21.7 Å². The van der Waals surface area contributed by atoms with Gasteiger partial charge >= 0.3 is 198 Å². The predicted molar refractivity (Wildman–Crippen MR) is 122 cm³/mol. The largest absolute Gasteiger partial charge is 0.147 e. The predicted octanol–water partition coefficient (Wildman–Crippen LogP) is 6.69. The monoisotopic (exact) mass is 672 g/mol. The minimum Gasteiger partial charge on any atom is -0.147 e. The summed E-state index contributed by atoms with van der Waals surface area (Å²) in [5, 5.41) is 0. The quantitative estimate of drug-likeness (QED) is 0.125. The van der Waals surface area contributed by atoms with Gasteiger partial charge in [-0.1, -0.05) is 0 Å². The van der Waals surface area contributed by atoms with Crippen LogP contribution in [0.5, 0.6) is 0 Å². The Morgan fingerprint density at radius 2 is 0.919 bits per heavy atom. The summed E-state index contributed by atoms with van der Waals surface area (Å²) in [6, 6.07) is 6.54. The number of benzene rings is 3. The van der Waals surface area contributed by atoms with Crippen LogP contribution in [0, 0.1) is 58.2 Å². The van der Waals surface area contributed by atoms with E-state index in [2.05, 4.69) is 0 Å². The van der Waals surface area contributed by atoms with Crippen molar-refractivity contribution in [2.75, 3.05) is 0 Å². The third-order valence-corrected chi connectivity index (χ3v) is 10.5. The van der Waals surface area contributed by atoms with Gasteiger partial charge in [0.1, 0.15) is 0 Å². The molecule has 4 rings (SSSR count). The molecule has 0 radical (unpaired) electrons. The molecule has 15 heteroatoms. The molecule has 0 saturated carbocycles. The molecule has 0 amide bonds. The minimum absolute atomic E-state index is 0. The van der Waals surface area contributed by atoms with Crippen molar-refractivity contribution in [3.8, 4) is 0 Å². The van der Waals surface area contributed by atoms with E-state index in [0.717, 1.165) is 0 Å². The molecule has 0 saturated heterocycles. The summed E-state index contributed by atoms with van der Waals surface area (Å²) in [5.41, 5.74) is -1.47. The van der Waals surface area contributed by atoms with E-state index in [-0.39, 0.29) is 37.2 Å². The number of halogens is 13. The van der Waals surface area contributed by atoms with Crippen LogP contribution in [0.4, 0.5) is 43.9 Å². The third-order valence-electron chi connectivity index (χ3n) is 5.54. The first-order valence-electron chi connectivity index (χ1n) is 9.53. The summed E-state index contributed by atoms with van der Waals surface area (Å²) in [7, 11) is 0. The van der Waals surface area contributed by atoms with Crippen molar-refractivity contribution in [2.24, 2.45) is 0 Å². The third kappa shape index (κ3) is 5.49. The second-order valence-electron chi connectivity index (χ2n) is 7.52. The smallest absolute Gasteiger partial charge is 0.147 e. The average molecular weight is 675 g/mol. The second-order valence-corrected chi connectivity index (χ2v) is 11.2. The first-order valence-corrected chi connectivity index (χ1v) is 12.4. The maximum atomic E-state index is 14.7. The number of allylic oxidation sites excluding steroid dienone is 1. The average Bonchev–Trinajstić information content (AvgIpc) is 3.13. The normalized spacial score (nSPS) is 13.6. The summed E-state index contributed by atoms with van der Waals surface area (Å²) < 4.78 is 139. The molecule has 0 aliphatic heterocycles. The van der Waals surface area contributed by atoms with E-state index in [0.29, 0.717) is 16.7 Å². The standard InChI is InChI=1S/C12BF10.C10H9.3ClH.Zr/c14-3-1(4(15)8(19)11(22)7(3)18)13-2-5(16)9(20)12(23)10(21)6(2)17;1-8-6-9-4-2-3-5-10(9)7-8;;;;/h;2-7H,1H3;3*1H;/q+1;;;;;-1. The molecule has 0 fully saturated rings. The Hall–Kier alpha value is -1.48. The van der Waals surface area contributed by atoms with Gasteiger partial charge < -0.3 is 0 Å². The summed E-state index contributed by atoms with van der Waals surface area (Å²) in [4.78, 5) is 0. The van der Waals surface area contributed by atoms with E-state index >= 15 is 0 Å². The fraction of sp³-hybridized carbons (Fsp3) is 0.0909. The van der Waals surface area contributed by atoms with Crippen LogP contribution in [0.15, 0.2) is 29.8 Å². The van der Waals surface area contributed by atoms with E-state index in [1.54, 1.807) is 37.3 Å². The van der Waals surface area contributed by atoms with Gasteiger partial charge in [0.15, 0.2) is 0 Å². The zero-order valence-corrected chi connectivity index (χ0v) is 23.0. The number of fused-ring (bicyclic) bond motifs is 1. The van der Waals surface area contributed by atoms with Crippen LogP contribution in [-0.2, 0) is 23.0 Å². The fourth-order valence-corrected chi connectivity index (χ4v) is 8.75. The SMILES string of the molecule is CC1=Cc2ccccc2[CH]1[Zr][B](c1c(F)c(F)c(F)c(F)c1F)c1c(F)c(F)c(F)c(F)c1F.Cl.Cl.Cl. The zero-order valence-electron chi connectivity index (χ0n) is 18.0. The molecule has 0 heterocycles. The van der Waals surface area contributed by atoms with E-state index in [4.69, 9.17) is 0 Å². The summed E-state index contributed by atoms with van der Waals surface area (Å²) in [6.07, 6.45) is 1.66. The molecule has 3 aromatic rings. The molecule has 37 heavy (non-hydrogen) atoms. The molecule has 1 atom stereocenters. The Morgan fingerprint density at radius 1 is 0.568 bits per heavy atom. The molecule has 0 N–H and O–H groups in total. The molecule has 0 nitrogen and oxygen atoms in total. The van der Waals surface area contributed by atoms with Crippen molar-refractivity contribution in [1.29, 1.82) is 0 Å². The molecule has 1 aliphatic carbocycles. The summed E-state index contributed by atoms with van der Waals surface area (Å²) >= 11 is -2.85. The van der Waals surface area contributed by atoms with Gasteiger partial charge in [-0.2, -0.15) is 0 Å². The van der Waals surface area contributed by atoms with Crippen LogP contribution in [0.3, 0.4) is 0 Å². The van der Waals surface area contributed by atoms with Crippen molar-refractivity contribution in [3.05, 3.63) is 99.1 Å². The van der Waals surface area contributed by atoms with Crippen molar-refractivity contribution < 1.29 is 66.9 Å². The number of hydrogen-bond donors (Lipinski definition) is 0. The molecule has 198 valence electrons. The molecular formula is C22H12BCl3F10Zr. The van der Waals surface area contributed by atoms with Gasteiger partial charge in [0, 0.05) is 0 Å². The van der Waals surface area contributed by atoms with Crippen LogP contribution >= 0.6 is 37.2 Å². The molecule has 1 unspecified atom stereocenters. The van der Waals surface area contributed by atoms with Crippen molar-refractivity contribution >= 4 is 58.5 Å². The zero-order chi connectivity index (χ0) is 25.1. The molecule has 0 aromatic heterocycles. The first kappa shape index (κ1) is 33.5. The van der Waals surface area contributed by atoms with Gasteiger partial charge in [0.25, 0.3) is 0 Å². The topological polar surface area (TPSA) is 0 Å². The second kappa shape index (κ2) is 12.6. The molecule has 0 bridgehead atoms. The molecule has 3 aromatic carbocycles. The van der Waals surface area contributed by atoms with Gasteiger partial charge in [0.2, 0.25) is 0 Å². The van der Waals surface area contributed by atoms with Crippen LogP contribution in [0.25, 0.3) is 6.08 Å². The Kier molecular flexibility index (Phi) is 11.4.